The molecular formula is C21H15BrN2OS2. The Labute approximate surface area is 174 Å². The Morgan fingerprint density at radius 1 is 1.04 bits per heavy atom. The van der Waals surface area contributed by atoms with Gasteiger partial charge in [0, 0.05) is 21.5 Å². The first-order valence-corrected chi connectivity index (χ1v) is 10.9. The number of hydrogen-bond donors (Lipinski definition) is 1. The average molecular weight is 455 g/mol. The van der Waals surface area contributed by atoms with Gasteiger partial charge in [-0.15, -0.1) is 11.3 Å². The molecule has 0 spiro atoms. The van der Waals surface area contributed by atoms with Crippen LogP contribution >= 0.6 is 39.0 Å². The quantitative estimate of drug-likeness (QED) is 0.345. The van der Waals surface area contributed by atoms with Crippen LogP contribution in [0.15, 0.2) is 81.6 Å². The summed E-state index contributed by atoms with van der Waals surface area (Å²) in [6, 6.07) is 23.5. The van der Waals surface area contributed by atoms with Gasteiger partial charge in [-0.3, -0.25) is 4.79 Å². The van der Waals surface area contributed by atoms with E-state index in [0.29, 0.717) is 5.56 Å². The Kier molecular flexibility index (Phi) is 5.57. The average Bonchev–Trinajstić information content (AvgIpc) is 3.10. The zero-order valence-electron chi connectivity index (χ0n) is 14.2. The molecule has 4 rings (SSSR count). The van der Waals surface area contributed by atoms with E-state index in [1.54, 1.807) is 35.2 Å². The molecule has 4 aromatic rings. The van der Waals surface area contributed by atoms with Gasteiger partial charge in [-0.1, -0.05) is 58.0 Å². The number of hydrogen-bond acceptors (Lipinski definition) is 4. The Bertz CT molecular complexity index is 1080. The monoisotopic (exact) mass is 454 g/mol. The molecular weight excluding hydrogens is 440 g/mol. The molecule has 0 saturated carbocycles. The highest BCUT2D eigenvalue weighted by Crippen LogP contribution is 2.33. The summed E-state index contributed by atoms with van der Waals surface area (Å²) < 4.78 is 3.05. The number of thiazole rings is 1. The number of carbonyl (C=O) groups is 1. The maximum atomic E-state index is 12.4. The third-order valence-corrected chi connectivity index (χ3v) is 6.70. The van der Waals surface area contributed by atoms with Crippen molar-refractivity contribution in [3.63, 3.8) is 0 Å². The Morgan fingerprint density at radius 3 is 2.59 bits per heavy atom. The minimum Gasteiger partial charge on any atom is -0.322 e. The van der Waals surface area contributed by atoms with E-state index in [0.717, 1.165) is 30.5 Å². The number of halogens is 1. The molecule has 0 atom stereocenters. The SMILES string of the molecule is O=C(Nc1ccc2nc(SCc3ccccc3)sc2c1)c1ccc(Br)cc1. The van der Waals surface area contributed by atoms with Gasteiger partial charge in [-0.2, -0.15) is 0 Å². The van der Waals surface area contributed by atoms with Crippen molar-refractivity contribution in [3.8, 4) is 0 Å². The molecule has 134 valence electrons. The molecule has 3 aromatic carbocycles. The molecule has 0 aliphatic heterocycles. The number of benzene rings is 3. The van der Waals surface area contributed by atoms with Crippen LogP contribution in [0.3, 0.4) is 0 Å². The fourth-order valence-corrected chi connectivity index (χ4v) is 4.89. The van der Waals surface area contributed by atoms with Crippen molar-refractivity contribution in [2.75, 3.05) is 5.32 Å². The molecule has 0 unspecified atom stereocenters. The number of aromatic nitrogens is 1. The number of fused-ring (bicyclic) bond motifs is 1. The van der Waals surface area contributed by atoms with Crippen LogP contribution in [0.25, 0.3) is 10.2 Å². The molecule has 3 nitrogen and oxygen atoms in total. The van der Waals surface area contributed by atoms with Gasteiger partial charge in [0.05, 0.1) is 10.2 Å². The van der Waals surface area contributed by atoms with E-state index in [-0.39, 0.29) is 5.91 Å². The van der Waals surface area contributed by atoms with Gasteiger partial charge in [0.25, 0.3) is 5.91 Å². The number of amides is 1. The number of nitrogens with zero attached hydrogens (tertiary/aromatic N) is 1. The summed E-state index contributed by atoms with van der Waals surface area (Å²) in [5, 5.41) is 2.95. The maximum absolute atomic E-state index is 12.4. The lowest BCUT2D eigenvalue weighted by Gasteiger charge is -2.05. The van der Waals surface area contributed by atoms with Gasteiger partial charge in [0.15, 0.2) is 4.34 Å². The normalized spacial score (nSPS) is 10.9. The first-order chi connectivity index (χ1) is 13.2. The molecule has 0 bridgehead atoms. The highest BCUT2D eigenvalue weighted by molar-refractivity contribution is 9.10. The van der Waals surface area contributed by atoms with Crippen molar-refractivity contribution in [1.29, 1.82) is 0 Å². The van der Waals surface area contributed by atoms with Crippen LogP contribution in [0.1, 0.15) is 15.9 Å². The second-order valence-electron chi connectivity index (χ2n) is 5.90. The largest absolute Gasteiger partial charge is 0.322 e. The molecule has 6 heteroatoms. The number of anilines is 1. The highest BCUT2D eigenvalue weighted by atomic mass is 79.9. The van der Waals surface area contributed by atoms with Gasteiger partial charge >= 0.3 is 0 Å². The Hall–Kier alpha value is -2.15. The van der Waals surface area contributed by atoms with E-state index in [9.17, 15) is 4.79 Å². The number of nitrogens with one attached hydrogen (secondary N) is 1. The highest BCUT2D eigenvalue weighted by Gasteiger charge is 2.09. The third kappa shape index (κ3) is 4.58. The summed E-state index contributed by atoms with van der Waals surface area (Å²) in [7, 11) is 0. The first kappa shape index (κ1) is 18.2. The lowest BCUT2D eigenvalue weighted by molar-refractivity contribution is 0.102. The molecule has 0 radical (unpaired) electrons. The Balaban J connectivity index is 1.47. The van der Waals surface area contributed by atoms with Gasteiger partial charge in [-0.25, -0.2) is 4.98 Å². The molecule has 1 aromatic heterocycles. The van der Waals surface area contributed by atoms with Crippen molar-refractivity contribution in [1.82, 2.24) is 4.98 Å². The second kappa shape index (κ2) is 8.25. The topological polar surface area (TPSA) is 42.0 Å². The predicted octanol–water partition coefficient (Wildman–Crippen LogP) is 6.60. The van der Waals surface area contributed by atoms with Crippen LogP contribution in [-0.4, -0.2) is 10.9 Å². The minimum atomic E-state index is -0.120. The fourth-order valence-electron chi connectivity index (χ4n) is 2.57. The van der Waals surface area contributed by atoms with Crippen LogP contribution in [0.2, 0.25) is 0 Å². The standard InChI is InChI=1S/C21H15BrN2OS2/c22-16-8-6-15(7-9-16)20(25)23-17-10-11-18-19(12-17)27-21(24-18)26-13-14-4-2-1-3-5-14/h1-12H,13H2,(H,23,25). The lowest BCUT2D eigenvalue weighted by atomic mass is 10.2. The van der Waals surface area contributed by atoms with Gasteiger partial charge in [-0.05, 0) is 48.0 Å². The summed E-state index contributed by atoms with van der Waals surface area (Å²) in [5.41, 5.74) is 3.64. The number of carbonyl (C=O) groups excluding carboxylic acids is 1. The second-order valence-corrected chi connectivity index (χ2v) is 9.07. The van der Waals surface area contributed by atoms with Crippen LogP contribution in [0.4, 0.5) is 5.69 Å². The lowest BCUT2D eigenvalue weighted by Crippen LogP contribution is -2.11. The molecule has 0 saturated heterocycles. The first-order valence-electron chi connectivity index (χ1n) is 8.32. The summed E-state index contributed by atoms with van der Waals surface area (Å²) in [6.07, 6.45) is 0. The number of thioether (sulfide) groups is 1. The molecule has 0 fully saturated rings. The van der Waals surface area contributed by atoms with E-state index in [2.05, 4.69) is 50.5 Å². The van der Waals surface area contributed by atoms with Crippen LogP contribution in [-0.2, 0) is 5.75 Å². The smallest absolute Gasteiger partial charge is 0.255 e. The molecule has 1 heterocycles. The maximum Gasteiger partial charge on any atom is 0.255 e. The van der Waals surface area contributed by atoms with E-state index < -0.39 is 0 Å². The number of rotatable bonds is 5. The van der Waals surface area contributed by atoms with E-state index in [4.69, 9.17) is 0 Å². The summed E-state index contributed by atoms with van der Waals surface area (Å²) in [5.74, 6) is 0.776. The van der Waals surface area contributed by atoms with E-state index in [1.165, 1.54) is 5.56 Å². The van der Waals surface area contributed by atoms with Crippen molar-refractivity contribution in [2.45, 2.75) is 10.1 Å². The minimum absolute atomic E-state index is 0.120. The van der Waals surface area contributed by atoms with Crippen LogP contribution < -0.4 is 5.32 Å². The molecule has 0 aliphatic rings. The molecule has 1 N–H and O–H groups in total. The van der Waals surface area contributed by atoms with Crippen LogP contribution in [0.5, 0.6) is 0 Å². The summed E-state index contributed by atoms with van der Waals surface area (Å²) >= 11 is 6.76. The predicted molar refractivity (Wildman–Crippen MR) is 118 cm³/mol. The zero-order valence-corrected chi connectivity index (χ0v) is 17.4. The molecule has 1 amide bonds. The van der Waals surface area contributed by atoms with Crippen LogP contribution in [0, 0.1) is 0 Å². The van der Waals surface area contributed by atoms with Gasteiger partial charge < -0.3 is 5.32 Å². The van der Waals surface area contributed by atoms with Crippen molar-refractivity contribution >= 4 is 60.8 Å². The van der Waals surface area contributed by atoms with Crippen molar-refractivity contribution < 1.29 is 4.79 Å². The summed E-state index contributed by atoms with van der Waals surface area (Å²) in [4.78, 5) is 17.1. The molecule has 27 heavy (non-hydrogen) atoms. The van der Waals surface area contributed by atoms with Gasteiger partial charge in [0.2, 0.25) is 0 Å². The molecule has 0 aliphatic carbocycles. The zero-order chi connectivity index (χ0) is 18.6. The van der Waals surface area contributed by atoms with E-state index in [1.807, 2.05) is 36.4 Å². The van der Waals surface area contributed by atoms with E-state index >= 15 is 0 Å². The van der Waals surface area contributed by atoms with Gasteiger partial charge in [0.1, 0.15) is 0 Å². The fraction of sp³-hybridized carbons (Fsp3) is 0.0476. The van der Waals surface area contributed by atoms with Crippen molar-refractivity contribution in [2.24, 2.45) is 0 Å². The third-order valence-electron chi connectivity index (χ3n) is 3.94. The summed E-state index contributed by atoms with van der Waals surface area (Å²) in [6.45, 7) is 0. The van der Waals surface area contributed by atoms with Crippen molar-refractivity contribution in [3.05, 3.63) is 88.4 Å². The Morgan fingerprint density at radius 2 is 1.81 bits per heavy atom.